The monoisotopic (exact) mass is 440 g/mol. The molecule has 0 saturated heterocycles. The molecule has 12 heteroatoms. The smallest absolute Gasteiger partial charge is 0.416 e. The predicted molar refractivity (Wildman–Crippen MR) is 91.7 cm³/mol. The zero-order valence-corrected chi connectivity index (χ0v) is 15.1. The highest BCUT2D eigenvalue weighted by Gasteiger charge is 2.37. The lowest BCUT2D eigenvalue weighted by Crippen LogP contribution is -2.29. The number of alkyl halides is 6. The topological polar surface area (TPSA) is 67.4 Å². The van der Waals surface area contributed by atoms with Crippen LogP contribution in [0.3, 0.4) is 0 Å². The van der Waals surface area contributed by atoms with Gasteiger partial charge in [0, 0.05) is 11.4 Å². The first-order chi connectivity index (χ1) is 13.3. The van der Waals surface area contributed by atoms with E-state index >= 15 is 0 Å². The molecule has 0 aromatic heterocycles. The third kappa shape index (κ3) is 5.76. The molecule has 0 aliphatic carbocycles. The maximum atomic E-state index is 12.8. The summed E-state index contributed by atoms with van der Waals surface area (Å²) in [6.45, 7) is 0. The molecule has 29 heavy (non-hydrogen) atoms. The summed E-state index contributed by atoms with van der Waals surface area (Å²) in [5.74, 6) is -2.54. The maximum Gasteiger partial charge on any atom is 0.416 e. The average Bonchev–Trinajstić information content (AvgIpc) is 2.60. The minimum atomic E-state index is -5.09. The predicted octanol–water partition coefficient (Wildman–Crippen LogP) is 4.96. The largest absolute Gasteiger partial charge is 0.495 e. The molecule has 2 N–H and O–H groups in total. The maximum absolute atomic E-state index is 12.8. The van der Waals surface area contributed by atoms with Crippen LogP contribution in [0, 0.1) is 0 Å². The van der Waals surface area contributed by atoms with Crippen molar-refractivity contribution in [3.05, 3.63) is 52.5 Å². The van der Waals surface area contributed by atoms with Crippen LogP contribution in [0.15, 0.2) is 36.4 Å². The summed E-state index contributed by atoms with van der Waals surface area (Å²) in [4.78, 5) is 23.8. The Balaban J connectivity index is 2.23. The number of nitrogens with one attached hydrogen (secondary N) is 2. The highest BCUT2D eigenvalue weighted by Crippen LogP contribution is 2.37. The molecule has 0 saturated carbocycles. The van der Waals surface area contributed by atoms with E-state index in [-0.39, 0.29) is 34.7 Å². The Bertz CT molecular complexity index is 911. The fourth-order valence-corrected chi connectivity index (χ4v) is 2.40. The molecule has 2 aromatic rings. The van der Waals surface area contributed by atoms with E-state index in [9.17, 15) is 35.9 Å². The number of carbonyl (C=O) groups excluding carboxylic acids is 2. The van der Waals surface area contributed by atoms with E-state index in [1.807, 2.05) is 0 Å². The van der Waals surface area contributed by atoms with Gasteiger partial charge in [-0.2, -0.15) is 26.3 Å². The number of benzene rings is 2. The van der Waals surface area contributed by atoms with Crippen molar-refractivity contribution in [1.29, 1.82) is 0 Å². The van der Waals surface area contributed by atoms with Crippen molar-refractivity contribution in [2.75, 3.05) is 17.7 Å². The van der Waals surface area contributed by atoms with Crippen molar-refractivity contribution in [1.82, 2.24) is 0 Å². The molecular formula is C17H11ClF6N2O3. The third-order valence-corrected chi connectivity index (χ3v) is 3.76. The van der Waals surface area contributed by atoms with Gasteiger partial charge in [-0.15, -0.1) is 0 Å². The van der Waals surface area contributed by atoms with Gasteiger partial charge in [-0.05, 0) is 36.4 Å². The Morgan fingerprint density at radius 3 is 1.72 bits per heavy atom. The van der Waals surface area contributed by atoms with Crippen molar-refractivity contribution in [2.24, 2.45) is 0 Å². The van der Waals surface area contributed by atoms with Crippen molar-refractivity contribution in [3.8, 4) is 5.75 Å². The zero-order valence-electron chi connectivity index (χ0n) is 14.3. The Kier molecular flexibility index (Phi) is 6.31. The summed E-state index contributed by atoms with van der Waals surface area (Å²) in [5, 5.41) is 3.92. The van der Waals surface area contributed by atoms with E-state index in [2.05, 4.69) is 5.32 Å². The Labute approximate surface area is 164 Å². The zero-order chi connectivity index (χ0) is 22.0. The van der Waals surface area contributed by atoms with Crippen molar-refractivity contribution < 1.29 is 40.7 Å². The van der Waals surface area contributed by atoms with Gasteiger partial charge >= 0.3 is 24.2 Å². The molecule has 2 rings (SSSR count). The first-order valence-electron chi connectivity index (χ1n) is 7.56. The molecule has 0 heterocycles. The molecule has 0 atom stereocenters. The van der Waals surface area contributed by atoms with Gasteiger partial charge in [-0.3, -0.25) is 9.59 Å². The Hall–Kier alpha value is -2.95. The highest BCUT2D eigenvalue weighted by atomic mass is 35.5. The fraction of sp³-hybridized carbons (Fsp3) is 0.176. The Morgan fingerprint density at radius 1 is 0.828 bits per heavy atom. The van der Waals surface area contributed by atoms with Crippen molar-refractivity contribution in [3.63, 3.8) is 0 Å². The second kappa shape index (κ2) is 8.19. The number of carbonyl (C=O) groups is 2. The van der Waals surface area contributed by atoms with Gasteiger partial charge in [0.15, 0.2) is 0 Å². The molecule has 0 aliphatic heterocycles. The lowest BCUT2D eigenvalue weighted by Gasteiger charge is -2.14. The number of ether oxygens (including phenoxy) is 1. The number of anilines is 2. The molecule has 2 amide bonds. The lowest BCUT2D eigenvalue weighted by molar-refractivity contribution is -0.143. The minimum absolute atomic E-state index is 0.0518. The summed E-state index contributed by atoms with van der Waals surface area (Å²) >= 11 is 5.85. The highest BCUT2D eigenvalue weighted by molar-refractivity contribution is 6.43. The third-order valence-electron chi connectivity index (χ3n) is 3.46. The van der Waals surface area contributed by atoms with Crippen LogP contribution < -0.4 is 15.4 Å². The quantitative estimate of drug-likeness (QED) is 0.523. The van der Waals surface area contributed by atoms with Crippen molar-refractivity contribution >= 4 is 34.8 Å². The first-order valence-corrected chi connectivity index (χ1v) is 7.94. The van der Waals surface area contributed by atoms with E-state index in [1.54, 1.807) is 5.32 Å². The van der Waals surface area contributed by atoms with Crippen LogP contribution in [0.25, 0.3) is 0 Å². The summed E-state index contributed by atoms with van der Waals surface area (Å²) in [5.41, 5.74) is -4.06. The Morgan fingerprint density at radius 2 is 1.31 bits per heavy atom. The van der Waals surface area contributed by atoms with Crippen LogP contribution in [-0.2, 0) is 21.9 Å². The number of methoxy groups -OCH3 is 1. The summed E-state index contributed by atoms with van der Waals surface area (Å²) in [6, 6.07) is 4.39. The van der Waals surface area contributed by atoms with Crippen LogP contribution in [0.1, 0.15) is 11.1 Å². The van der Waals surface area contributed by atoms with E-state index in [4.69, 9.17) is 16.3 Å². The second-order valence-electron chi connectivity index (χ2n) is 5.55. The number of hydrogen-bond donors (Lipinski definition) is 2. The molecule has 0 spiro atoms. The van der Waals surface area contributed by atoms with Crippen molar-refractivity contribution in [2.45, 2.75) is 12.4 Å². The van der Waals surface area contributed by atoms with Gasteiger partial charge in [-0.25, -0.2) is 0 Å². The number of hydrogen-bond acceptors (Lipinski definition) is 3. The second-order valence-corrected chi connectivity index (χ2v) is 5.96. The fourth-order valence-electron chi connectivity index (χ4n) is 2.15. The van der Waals surface area contributed by atoms with Crippen LogP contribution in [0.5, 0.6) is 5.75 Å². The molecular weight excluding hydrogens is 430 g/mol. The van der Waals surface area contributed by atoms with E-state index in [1.165, 1.54) is 25.3 Å². The molecule has 0 radical (unpaired) electrons. The summed E-state index contributed by atoms with van der Waals surface area (Å²) in [6.07, 6.45) is -10.2. The molecule has 0 unspecified atom stereocenters. The number of amides is 2. The molecule has 0 bridgehead atoms. The molecule has 2 aromatic carbocycles. The molecule has 5 nitrogen and oxygen atoms in total. The average molecular weight is 441 g/mol. The van der Waals surface area contributed by atoms with Crippen LogP contribution in [0.2, 0.25) is 5.02 Å². The van der Waals surface area contributed by atoms with Crippen LogP contribution in [-0.4, -0.2) is 18.9 Å². The normalized spacial score (nSPS) is 11.7. The van der Waals surface area contributed by atoms with Crippen LogP contribution >= 0.6 is 11.6 Å². The first kappa shape index (κ1) is 22.3. The molecule has 156 valence electrons. The SMILES string of the molecule is COc1ccc(NC(=O)C(=O)Nc2cc(C(F)(F)F)cc(C(F)(F)F)c2)cc1Cl. The lowest BCUT2D eigenvalue weighted by atomic mass is 10.1. The van der Waals surface area contributed by atoms with E-state index < -0.39 is 41.0 Å². The summed E-state index contributed by atoms with van der Waals surface area (Å²) in [7, 11) is 1.34. The molecule has 0 fully saturated rings. The van der Waals surface area contributed by atoms with Gasteiger partial charge in [0.1, 0.15) is 5.75 Å². The van der Waals surface area contributed by atoms with Gasteiger partial charge in [0.25, 0.3) is 0 Å². The van der Waals surface area contributed by atoms with Gasteiger partial charge in [0.05, 0.1) is 23.3 Å². The van der Waals surface area contributed by atoms with Crippen LogP contribution in [0.4, 0.5) is 37.7 Å². The van der Waals surface area contributed by atoms with Gasteiger partial charge in [0.2, 0.25) is 0 Å². The van der Waals surface area contributed by atoms with E-state index in [0.29, 0.717) is 0 Å². The summed E-state index contributed by atoms with van der Waals surface area (Å²) < 4.78 is 81.9. The van der Waals surface area contributed by atoms with E-state index in [0.717, 1.165) is 0 Å². The number of halogens is 7. The van der Waals surface area contributed by atoms with Gasteiger partial charge < -0.3 is 15.4 Å². The van der Waals surface area contributed by atoms with Gasteiger partial charge in [-0.1, -0.05) is 11.6 Å². The minimum Gasteiger partial charge on any atom is -0.495 e. The standard InChI is InChI=1S/C17H11ClF6N2O3/c1-29-13-3-2-10(7-12(13)18)25-14(27)15(28)26-11-5-8(16(19,20)21)4-9(6-11)17(22,23)24/h2-7H,1H3,(H,25,27)(H,26,28). The molecule has 0 aliphatic rings. The number of rotatable bonds is 3.